The molecule has 4 amide bonds. The van der Waals surface area contributed by atoms with Crippen molar-refractivity contribution in [3.63, 3.8) is 0 Å². The van der Waals surface area contributed by atoms with E-state index in [2.05, 4.69) is 16.4 Å². The molecule has 7 heteroatoms. The van der Waals surface area contributed by atoms with E-state index in [1.807, 2.05) is 42.5 Å². The van der Waals surface area contributed by atoms with Crippen LogP contribution in [0.5, 0.6) is 0 Å². The molecule has 2 N–H and O–H groups in total. The van der Waals surface area contributed by atoms with Crippen LogP contribution >= 0.6 is 0 Å². The molecule has 3 aromatic rings. The number of aryl methyl sites for hydroxylation is 1. The van der Waals surface area contributed by atoms with Crippen LogP contribution in [0.4, 0.5) is 4.79 Å². The van der Waals surface area contributed by atoms with Crippen LogP contribution in [-0.4, -0.2) is 45.7 Å². The molecule has 1 unspecified atom stereocenters. The molecular formula is C26H26N4O3. The molecule has 1 fully saturated rings. The van der Waals surface area contributed by atoms with Crippen molar-refractivity contribution in [3.8, 4) is 0 Å². The number of nitrogens with zero attached hydrogens (tertiary/aromatic N) is 2. The van der Waals surface area contributed by atoms with Gasteiger partial charge in [0.05, 0.1) is 0 Å². The highest BCUT2D eigenvalue weighted by Gasteiger charge is 2.53. The second kappa shape index (κ2) is 7.47. The maximum Gasteiger partial charge on any atom is 0.325 e. The average molecular weight is 443 g/mol. The van der Waals surface area contributed by atoms with E-state index in [-0.39, 0.29) is 18.4 Å². The molecule has 168 valence electrons. The van der Waals surface area contributed by atoms with E-state index in [4.69, 9.17) is 0 Å². The smallest absolute Gasteiger partial charge is 0.325 e. The molecule has 3 heterocycles. The predicted octanol–water partition coefficient (Wildman–Crippen LogP) is 3.23. The number of hydrogen-bond donors (Lipinski definition) is 2. The van der Waals surface area contributed by atoms with E-state index in [0.717, 1.165) is 63.9 Å². The molecule has 3 aliphatic rings. The lowest BCUT2D eigenvalue weighted by atomic mass is 9.84. The molecule has 0 saturated carbocycles. The molecule has 2 aliphatic heterocycles. The van der Waals surface area contributed by atoms with Crippen molar-refractivity contribution in [1.29, 1.82) is 0 Å². The van der Waals surface area contributed by atoms with Crippen LogP contribution in [0.2, 0.25) is 0 Å². The van der Waals surface area contributed by atoms with Gasteiger partial charge in [0.15, 0.2) is 0 Å². The average Bonchev–Trinajstić information content (AvgIpc) is 3.24. The van der Waals surface area contributed by atoms with Crippen LogP contribution in [0.15, 0.2) is 48.5 Å². The molecule has 0 radical (unpaired) electrons. The Hall–Kier alpha value is -3.61. The minimum atomic E-state index is -1.06. The number of aromatic amines is 1. The van der Waals surface area contributed by atoms with Crippen molar-refractivity contribution in [1.82, 2.24) is 20.1 Å². The van der Waals surface area contributed by atoms with E-state index in [9.17, 15) is 14.4 Å². The van der Waals surface area contributed by atoms with Crippen LogP contribution < -0.4 is 5.32 Å². The van der Waals surface area contributed by atoms with Gasteiger partial charge in [0.1, 0.15) is 12.1 Å². The maximum atomic E-state index is 13.6. The Morgan fingerprint density at radius 2 is 1.82 bits per heavy atom. The van der Waals surface area contributed by atoms with Gasteiger partial charge in [-0.1, -0.05) is 42.5 Å². The number of fused-ring (bicyclic) bond motifs is 5. The number of hydrogen-bond acceptors (Lipinski definition) is 3. The first kappa shape index (κ1) is 20.0. The molecule has 7 nitrogen and oxygen atoms in total. The second-order valence-corrected chi connectivity index (χ2v) is 9.28. The topological polar surface area (TPSA) is 85.5 Å². The fraction of sp³-hybridized carbons (Fsp3) is 0.346. The second-order valence-electron chi connectivity index (χ2n) is 9.28. The standard InChI is InChI=1S/C26H26N4O3/c31-23(29-14-12-22-19(15-29)18-9-2-4-11-21(18)27-22)16-30-24(32)26(28-25(30)33)13-6-5-8-17-7-1-3-10-20(17)26/h1-4,7,9-11,27H,5-6,8,12-16H2,(H,28,33). The Kier molecular flexibility index (Phi) is 4.54. The number of para-hydroxylation sites is 1. The van der Waals surface area contributed by atoms with E-state index in [1.165, 1.54) is 0 Å². The molecule has 1 atom stereocenters. The van der Waals surface area contributed by atoms with Gasteiger partial charge in [0.25, 0.3) is 5.91 Å². The van der Waals surface area contributed by atoms with Crippen molar-refractivity contribution in [2.24, 2.45) is 0 Å². The van der Waals surface area contributed by atoms with Gasteiger partial charge in [-0.05, 0) is 42.9 Å². The van der Waals surface area contributed by atoms with Crippen LogP contribution in [0.3, 0.4) is 0 Å². The Labute approximate surface area is 191 Å². The third-order valence-electron chi connectivity index (χ3n) is 7.43. The summed E-state index contributed by atoms with van der Waals surface area (Å²) in [4.78, 5) is 46.1. The zero-order valence-corrected chi connectivity index (χ0v) is 18.4. The summed E-state index contributed by atoms with van der Waals surface area (Å²) in [6.45, 7) is 0.818. The number of benzene rings is 2. The third-order valence-corrected chi connectivity index (χ3v) is 7.43. The third kappa shape index (κ3) is 3.06. The fourth-order valence-corrected chi connectivity index (χ4v) is 5.73. The molecule has 1 spiro atoms. The van der Waals surface area contributed by atoms with Crippen LogP contribution in [0.1, 0.15) is 41.6 Å². The first-order chi connectivity index (χ1) is 16.1. The van der Waals surface area contributed by atoms with Gasteiger partial charge < -0.3 is 15.2 Å². The number of imide groups is 1. The highest BCUT2D eigenvalue weighted by Crippen LogP contribution is 2.39. The number of rotatable bonds is 2. The minimum absolute atomic E-state index is 0.201. The Balaban J connectivity index is 1.25. The van der Waals surface area contributed by atoms with Gasteiger partial charge in [-0.3, -0.25) is 14.5 Å². The normalized spacial score (nSPS) is 22.3. The summed E-state index contributed by atoms with van der Waals surface area (Å²) in [6.07, 6.45) is 4.00. The van der Waals surface area contributed by atoms with Gasteiger partial charge >= 0.3 is 6.03 Å². The Bertz CT molecular complexity index is 1300. The van der Waals surface area contributed by atoms with E-state index < -0.39 is 11.6 Å². The molecule has 33 heavy (non-hydrogen) atoms. The van der Waals surface area contributed by atoms with Gasteiger partial charge in [-0.15, -0.1) is 0 Å². The molecule has 1 aromatic heterocycles. The van der Waals surface area contributed by atoms with Crippen LogP contribution in [-0.2, 0) is 34.5 Å². The number of nitrogens with one attached hydrogen (secondary N) is 2. The summed E-state index contributed by atoms with van der Waals surface area (Å²) in [5.74, 6) is -0.506. The number of carbonyl (C=O) groups is 3. The quantitative estimate of drug-likeness (QED) is 0.598. The van der Waals surface area contributed by atoms with Gasteiger partial charge in [-0.2, -0.15) is 0 Å². The van der Waals surface area contributed by atoms with Crippen molar-refractivity contribution >= 4 is 28.7 Å². The van der Waals surface area contributed by atoms with E-state index in [1.54, 1.807) is 4.90 Å². The molecule has 2 aromatic carbocycles. The van der Waals surface area contributed by atoms with Gasteiger partial charge in [0, 0.05) is 41.7 Å². The van der Waals surface area contributed by atoms with Crippen LogP contribution in [0, 0.1) is 0 Å². The maximum absolute atomic E-state index is 13.6. The number of carbonyl (C=O) groups excluding carboxylic acids is 3. The highest BCUT2D eigenvalue weighted by atomic mass is 16.2. The number of urea groups is 1. The van der Waals surface area contributed by atoms with Crippen LogP contribution in [0.25, 0.3) is 10.9 Å². The molecule has 6 rings (SSSR count). The molecule has 0 bridgehead atoms. The number of amides is 4. The first-order valence-corrected chi connectivity index (χ1v) is 11.7. The summed E-state index contributed by atoms with van der Waals surface area (Å²) in [6, 6.07) is 15.5. The summed E-state index contributed by atoms with van der Waals surface area (Å²) in [7, 11) is 0. The van der Waals surface area contributed by atoms with Crippen molar-refractivity contribution in [3.05, 3.63) is 70.9 Å². The van der Waals surface area contributed by atoms with Gasteiger partial charge in [-0.25, -0.2) is 4.79 Å². The number of H-pyrrole nitrogens is 1. The van der Waals surface area contributed by atoms with Crippen molar-refractivity contribution in [2.75, 3.05) is 13.1 Å². The molecule has 1 aliphatic carbocycles. The predicted molar refractivity (Wildman–Crippen MR) is 123 cm³/mol. The van der Waals surface area contributed by atoms with Crippen molar-refractivity contribution < 1.29 is 14.4 Å². The monoisotopic (exact) mass is 442 g/mol. The lowest BCUT2D eigenvalue weighted by Gasteiger charge is -2.29. The summed E-state index contributed by atoms with van der Waals surface area (Å²) in [5.41, 5.74) is 4.26. The number of aromatic nitrogens is 1. The lowest BCUT2D eigenvalue weighted by Crippen LogP contribution is -2.46. The molecular weight excluding hydrogens is 416 g/mol. The largest absolute Gasteiger partial charge is 0.358 e. The van der Waals surface area contributed by atoms with E-state index in [0.29, 0.717) is 19.5 Å². The summed E-state index contributed by atoms with van der Waals surface area (Å²) >= 11 is 0. The first-order valence-electron chi connectivity index (χ1n) is 11.7. The van der Waals surface area contributed by atoms with Gasteiger partial charge in [0.2, 0.25) is 5.91 Å². The zero-order chi connectivity index (χ0) is 22.6. The Morgan fingerprint density at radius 1 is 1.00 bits per heavy atom. The fourth-order valence-electron chi connectivity index (χ4n) is 5.73. The SMILES string of the molecule is O=C(CN1C(=O)NC2(CCCCc3ccccc32)C1=O)N1CCc2[nH]c3ccccc3c2C1. The minimum Gasteiger partial charge on any atom is -0.358 e. The van der Waals surface area contributed by atoms with E-state index >= 15 is 0 Å². The van der Waals surface area contributed by atoms with Crippen molar-refractivity contribution in [2.45, 2.75) is 44.2 Å². The zero-order valence-electron chi connectivity index (χ0n) is 18.4. The highest BCUT2D eigenvalue weighted by molar-refractivity contribution is 6.09. The summed E-state index contributed by atoms with van der Waals surface area (Å²) in [5, 5.41) is 4.09. The molecule has 1 saturated heterocycles. The Morgan fingerprint density at radius 3 is 2.73 bits per heavy atom. The summed E-state index contributed by atoms with van der Waals surface area (Å²) < 4.78 is 0. The lowest BCUT2D eigenvalue weighted by molar-refractivity contribution is -0.139.